The maximum Gasteiger partial charge on any atom is 0.337 e. The van der Waals surface area contributed by atoms with E-state index in [0.717, 1.165) is 65.4 Å². The second-order valence-corrected chi connectivity index (χ2v) is 10.7. The fourth-order valence-corrected chi connectivity index (χ4v) is 5.92. The van der Waals surface area contributed by atoms with E-state index in [9.17, 15) is 9.59 Å². The molecule has 1 N–H and O–H groups in total. The van der Waals surface area contributed by atoms with Crippen LogP contribution in [0, 0.1) is 5.41 Å². The Labute approximate surface area is 196 Å². The van der Waals surface area contributed by atoms with Gasteiger partial charge in [-0.3, -0.25) is 4.79 Å². The molecule has 2 aromatic carbocycles. The van der Waals surface area contributed by atoms with Gasteiger partial charge in [0.15, 0.2) is 5.78 Å². The van der Waals surface area contributed by atoms with E-state index in [0.29, 0.717) is 12.0 Å². The van der Waals surface area contributed by atoms with Gasteiger partial charge in [0.25, 0.3) is 0 Å². The van der Waals surface area contributed by atoms with Crippen molar-refractivity contribution in [2.24, 2.45) is 5.41 Å². The predicted octanol–water partition coefficient (Wildman–Crippen LogP) is 6.32. The van der Waals surface area contributed by atoms with Crippen molar-refractivity contribution in [3.05, 3.63) is 70.6 Å². The molecule has 0 spiro atoms. The third-order valence-electron chi connectivity index (χ3n) is 7.42. The van der Waals surface area contributed by atoms with E-state index >= 15 is 0 Å². The van der Waals surface area contributed by atoms with Crippen LogP contribution in [0.25, 0.3) is 10.8 Å². The molecule has 2 aliphatic carbocycles. The number of rotatable bonds is 3. The smallest absolute Gasteiger partial charge is 0.337 e. The van der Waals surface area contributed by atoms with Gasteiger partial charge in [0.2, 0.25) is 0 Å². The van der Waals surface area contributed by atoms with E-state index < -0.39 is 5.92 Å². The fourth-order valence-electron chi connectivity index (χ4n) is 5.92. The molecule has 1 fully saturated rings. The summed E-state index contributed by atoms with van der Waals surface area (Å²) in [7, 11) is 0. The highest BCUT2D eigenvalue weighted by molar-refractivity contribution is 6.05. The number of fused-ring (bicyclic) bond motifs is 1. The van der Waals surface area contributed by atoms with Crippen LogP contribution in [-0.2, 0) is 14.3 Å². The van der Waals surface area contributed by atoms with Crippen molar-refractivity contribution in [1.82, 2.24) is 5.32 Å². The van der Waals surface area contributed by atoms with Gasteiger partial charge < -0.3 is 10.1 Å². The van der Waals surface area contributed by atoms with Gasteiger partial charge in [-0.05, 0) is 60.8 Å². The predicted molar refractivity (Wildman–Crippen MR) is 131 cm³/mol. The van der Waals surface area contributed by atoms with E-state index in [1.54, 1.807) is 0 Å². The quantitative estimate of drug-likeness (QED) is 0.564. The van der Waals surface area contributed by atoms with E-state index in [1.807, 2.05) is 25.1 Å². The Morgan fingerprint density at radius 2 is 1.73 bits per heavy atom. The second kappa shape index (κ2) is 8.48. The first-order chi connectivity index (χ1) is 15.8. The number of allylic oxidation sites excluding steroid dienone is 3. The topological polar surface area (TPSA) is 55.4 Å². The standard InChI is InChI=1S/C29H33NO3/c1-18-25(28(32)33-20-12-5-4-6-13-20)26(22-15-9-11-19-10-7-8-14-21(19)22)27-23(30-18)16-29(2,3)17-24(27)31/h7-11,14-15,20,26,30H,4-6,12-13,16-17H2,1-3H3/t26-/m1/s1. The summed E-state index contributed by atoms with van der Waals surface area (Å²) in [5.74, 6) is -0.566. The summed E-state index contributed by atoms with van der Waals surface area (Å²) in [6.07, 6.45) is 6.49. The largest absolute Gasteiger partial charge is 0.459 e. The molecule has 1 saturated carbocycles. The molecule has 0 amide bonds. The van der Waals surface area contributed by atoms with Gasteiger partial charge in [0.05, 0.1) is 5.57 Å². The number of Topliss-reactive ketones (excluding diaryl/α,β-unsaturated/α-hetero) is 1. The lowest BCUT2D eigenvalue weighted by atomic mass is 9.68. The minimum absolute atomic E-state index is 0.0314. The average Bonchev–Trinajstić information content (AvgIpc) is 2.77. The van der Waals surface area contributed by atoms with Gasteiger partial charge >= 0.3 is 5.97 Å². The summed E-state index contributed by atoms with van der Waals surface area (Å²) < 4.78 is 6.05. The highest BCUT2D eigenvalue weighted by Crippen LogP contribution is 2.48. The molecule has 0 unspecified atom stereocenters. The van der Waals surface area contributed by atoms with Crippen LogP contribution >= 0.6 is 0 Å². The summed E-state index contributed by atoms with van der Waals surface area (Å²) in [6.45, 7) is 6.22. The van der Waals surface area contributed by atoms with Crippen molar-refractivity contribution in [3.63, 3.8) is 0 Å². The van der Waals surface area contributed by atoms with Crippen LogP contribution < -0.4 is 5.32 Å². The molecule has 0 aromatic heterocycles. The molecule has 4 nitrogen and oxygen atoms in total. The first kappa shape index (κ1) is 21.9. The summed E-state index contributed by atoms with van der Waals surface area (Å²) in [5.41, 5.74) is 3.99. The number of ketones is 1. The second-order valence-electron chi connectivity index (χ2n) is 10.7. The molecule has 1 heterocycles. The van der Waals surface area contributed by atoms with Crippen LogP contribution in [-0.4, -0.2) is 17.9 Å². The zero-order chi connectivity index (χ0) is 23.2. The van der Waals surface area contributed by atoms with Crippen molar-refractivity contribution in [2.75, 3.05) is 0 Å². The molecule has 0 radical (unpaired) electrons. The van der Waals surface area contributed by atoms with Gasteiger partial charge in [0, 0.05) is 29.3 Å². The maximum absolute atomic E-state index is 13.7. The molecule has 1 aliphatic heterocycles. The van der Waals surface area contributed by atoms with Crippen LogP contribution in [0.1, 0.15) is 77.2 Å². The minimum atomic E-state index is -0.410. The molecule has 1 atom stereocenters. The van der Waals surface area contributed by atoms with Crippen LogP contribution in [0.4, 0.5) is 0 Å². The fraction of sp³-hybridized carbons (Fsp3) is 0.448. The van der Waals surface area contributed by atoms with E-state index in [-0.39, 0.29) is 23.3 Å². The number of dihydropyridines is 1. The van der Waals surface area contributed by atoms with E-state index in [4.69, 9.17) is 4.74 Å². The number of esters is 1. The minimum Gasteiger partial charge on any atom is -0.459 e. The SMILES string of the molecule is CC1=C(C(=O)OC2CCCCC2)[C@@H](c2cccc3ccccc23)C2=C(CC(C)(C)CC2=O)N1. The number of hydrogen-bond donors (Lipinski definition) is 1. The van der Waals surface area contributed by atoms with Crippen molar-refractivity contribution >= 4 is 22.5 Å². The van der Waals surface area contributed by atoms with Crippen molar-refractivity contribution in [2.45, 2.75) is 77.7 Å². The zero-order valence-corrected chi connectivity index (χ0v) is 19.9. The highest BCUT2D eigenvalue weighted by atomic mass is 16.5. The molecule has 3 aliphatic rings. The Kier molecular flexibility index (Phi) is 5.64. The molecule has 5 rings (SSSR count). The van der Waals surface area contributed by atoms with Crippen LogP contribution in [0.2, 0.25) is 0 Å². The Bertz CT molecular complexity index is 1180. The van der Waals surface area contributed by atoms with Crippen molar-refractivity contribution in [1.29, 1.82) is 0 Å². The number of carbonyl (C=O) groups excluding carboxylic acids is 2. The van der Waals surface area contributed by atoms with Gasteiger partial charge in [-0.1, -0.05) is 62.7 Å². The average molecular weight is 444 g/mol. The zero-order valence-electron chi connectivity index (χ0n) is 19.9. The molecular formula is C29H33NO3. The van der Waals surface area contributed by atoms with Crippen molar-refractivity contribution < 1.29 is 14.3 Å². The molecule has 2 aromatic rings. The Hall–Kier alpha value is -2.88. The molecule has 0 saturated heterocycles. The number of hydrogen-bond acceptors (Lipinski definition) is 4. The van der Waals surface area contributed by atoms with Gasteiger partial charge in [0.1, 0.15) is 6.10 Å². The van der Waals surface area contributed by atoms with Gasteiger partial charge in [-0.25, -0.2) is 4.79 Å². The van der Waals surface area contributed by atoms with E-state index in [2.05, 4.69) is 43.4 Å². The molecule has 33 heavy (non-hydrogen) atoms. The Balaban J connectivity index is 1.64. The number of nitrogens with one attached hydrogen (secondary N) is 1. The highest BCUT2D eigenvalue weighted by Gasteiger charge is 2.43. The Morgan fingerprint density at radius 3 is 2.52 bits per heavy atom. The Morgan fingerprint density at radius 1 is 1.00 bits per heavy atom. The third-order valence-corrected chi connectivity index (χ3v) is 7.42. The summed E-state index contributed by atoms with van der Waals surface area (Å²) >= 11 is 0. The molecule has 4 heteroatoms. The molecule has 0 bridgehead atoms. The normalized spacial score (nSPS) is 23.4. The number of carbonyl (C=O) groups is 2. The van der Waals surface area contributed by atoms with Crippen LogP contribution in [0.3, 0.4) is 0 Å². The van der Waals surface area contributed by atoms with Gasteiger partial charge in [-0.15, -0.1) is 0 Å². The van der Waals surface area contributed by atoms with Crippen LogP contribution in [0.15, 0.2) is 65.0 Å². The lowest BCUT2D eigenvalue weighted by molar-refractivity contribution is -0.146. The lowest BCUT2D eigenvalue weighted by Gasteiger charge is -2.40. The first-order valence-corrected chi connectivity index (χ1v) is 12.3. The summed E-state index contributed by atoms with van der Waals surface area (Å²) in [5, 5.41) is 5.64. The monoisotopic (exact) mass is 443 g/mol. The number of ether oxygens (including phenoxy) is 1. The first-order valence-electron chi connectivity index (χ1n) is 12.3. The lowest BCUT2D eigenvalue weighted by Crippen LogP contribution is -2.39. The van der Waals surface area contributed by atoms with Crippen LogP contribution in [0.5, 0.6) is 0 Å². The summed E-state index contributed by atoms with van der Waals surface area (Å²) in [4.78, 5) is 27.2. The van der Waals surface area contributed by atoms with Crippen molar-refractivity contribution in [3.8, 4) is 0 Å². The third kappa shape index (κ3) is 4.12. The van der Waals surface area contributed by atoms with E-state index in [1.165, 1.54) is 6.42 Å². The maximum atomic E-state index is 13.7. The van der Waals surface area contributed by atoms with Gasteiger partial charge in [-0.2, -0.15) is 0 Å². The number of benzene rings is 2. The molecule has 172 valence electrons. The molecular weight excluding hydrogens is 410 g/mol. The summed E-state index contributed by atoms with van der Waals surface area (Å²) in [6, 6.07) is 14.4.